The normalized spacial score (nSPS) is 10.4. The van der Waals surface area contributed by atoms with Crippen molar-refractivity contribution in [3.63, 3.8) is 0 Å². The van der Waals surface area contributed by atoms with Crippen LogP contribution >= 0.6 is 11.6 Å². The second kappa shape index (κ2) is 3.43. The van der Waals surface area contributed by atoms with E-state index in [2.05, 4.69) is 11.6 Å². The number of benzene rings is 1. The van der Waals surface area contributed by atoms with Gasteiger partial charge >= 0.3 is 0 Å². The molecule has 0 spiro atoms. The third-order valence-electron chi connectivity index (χ3n) is 2.14. The Morgan fingerprint density at radius 1 is 1.43 bits per heavy atom. The van der Waals surface area contributed by atoms with Crippen LogP contribution in [0.5, 0.6) is 0 Å². The van der Waals surface area contributed by atoms with Crippen LogP contribution in [0.3, 0.4) is 0 Å². The minimum absolute atomic E-state index is 0.663. The maximum atomic E-state index is 5.87. The number of halogens is 1. The summed E-state index contributed by atoms with van der Waals surface area (Å²) in [5.74, 6) is 0. The summed E-state index contributed by atoms with van der Waals surface area (Å²) in [5, 5.41) is 1.72. The van der Waals surface area contributed by atoms with Crippen LogP contribution in [-0.2, 0) is 0 Å². The fourth-order valence-electron chi connectivity index (χ4n) is 1.48. The Bertz CT molecular complexity index is 503. The molecule has 0 amide bonds. The molecule has 0 bridgehead atoms. The van der Waals surface area contributed by atoms with Crippen LogP contribution in [0.2, 0.25) is 5.02 Å². The van der Waals surface area contributed by atoms with Gasteiger partial charge in [-0.2, -0.15) is 0 Å². The molecule has 1 aromatic carbocycles. The number of pyridine rings is 1. The van der Waals surface area contributed by atoms with Crippen LogP contribution in [0.15, 0.2) is 37.0 Å². The number of hydrogen-bond acceptors (Lipinski definition) is 1. The van der Waals surface area contributed by atoms with E-state index in [1.807, 2.05) is 31.2 Å². The maximum absolute atomic E-state index is 5.87. The molecule has 2 aromatic rings. The number of nitrogens with zero attached hydrogens (tertiary/aromatic N) is 1. The van der Waals surface area contributed by atoms with Crippen LogP contribution in [0.4, 0.5) is 0 Å². The minimum Gasteiger partial charge on any atom is -0.254 e. The number of hydrogen-bond donors (Lipinski definition) is 0. The standard InChI is InChI=1S/C12H10ClN/c1-8(2)11-5-3-4-9-6-10(13)7-14-12(9)11/h3-7H,1H2,2H3. The largest absolute Gasteiger partial charge is 0.254 e. The molecule has 1 nitrogen and oxygen atoms in total. The molecule has 0 saturated carbocycles. The SMILES string of the molecule is C=C(C)c1cccc2cc(Cl)cnc12. The number of para-hydroxylation sites is 1. The number of aromatic nitrogens is 1. The lowest BCUT2D eigenvalue weighted by atomic mass is 10.0. The second-order valence-electron chi connectivity index (χ2n) is 3.31. The Morgan fingerprint density at radius 2 is 2.21 bits per heavy atom. The van der Waals surface area contributed by atoms with Crippen LogP contribution in [0.1, 0.15) is 12.5 Å². The highest BCUT2D eigenvalue weighted by Gasteiger charge is 2.02. The zero-order valence-corrected chi connectivity index (χ0v) is 8.67. The molecule has 1 heterocycles. The predicted molar refractivity (Wildman–Crippen MR) is 61.5 cm³/mol. The van der Waals surface area contributed by atoms with Gasteiger partial charge in [0, 0.05) is 17.1 Å². The van der Waals surface area contributed by atoms with E-state index in [0.717, 1.165) is 22.0 Å². The van der Waals surface area contributed by atoms with Crippen LogP contribution in [0.25, 0.3) is 16.5 Å². The van der Waals surface area contributed by atoms with Crippen molar-refractivity contribution in [1.29, 1.82) is 0 Å². The molecule has 0 fully saturated rings. The van der Waals surface area contributed by atoms with Crippen molar-refractivity contribution >= 4 is 28.1 Å². The summed E-state index contributed by atoms with van der Waals surface area (Å²) in [6, 6.07) is 7.92. The zero-order chi connectivity index (χ0) is 10.1. The van der Waals surface area contributed by atoms with Crippen molar-refractivity contribution in [2.24, 2.45) is 0 Å². The molecule has 0 aliphatic carbocycles. The highest BCUT2D eigenvalue weighted by Crippen LogP contribution is 2.23. The van der Waals surface area contributed by atoms with E-state index in [0.29, 0.717) is 5.02 Å². The summed E-state index contributed by atoms with van der Waals surface area (Å²) < 4.78 is 0. The molecule has 0 aliphatic rings. The van der Waals surface area contributed by atoms with Gasteiger partial charge in [-0.25, -0.2) is 0 Å². The smallest absolute Gasteiger partial charge is 0.0777 e. The van der Waals surface area contributed by atoms with Crippen molar-refractivity contribution in [3.05, 3.63) is 47.6 Å². The molecule has 1 aromatic heterocycles. The van der Waals surface area contributed by atoms with Gasteiger partial charge in [-0.1, -0.05) is 36.4 Å². The van der Waals surface area contributed by atoms with Gasteiger partial charge in [0.2, 0.25) is 0 Å². The molecule has 0 aliphatic heterocycles. The van der Waals surface area contributed by atoms with Gasteiger partial charge in [0.25, 0.3) is 0 Å². The van der Waals surface area contributed by atoms with E-state index < -0.39 is 0 Å². The first-order valence-electron chi connectivity index (χ1n) is 4.38. The zero-order valence-electron chi connectivity index (χ0n) is 7.92. The number of fused-ring (bicyclic) bond motifs is 1. The fraction of sp³-hybridized carbons (Fsp3) is 0.0833. The maximum Gasteiger partial charge on any atom is 0.0777 e. The van der Waals surface area contributed by atoms with E-state index in [1.165, 1.54) is 0 Å². The fourth-order valence-corrected chi connectivity index (χ4v) is 1.64. The topological polar surface area (TPSA) is 12.9 Å². The van der Waals surface area contributed by atoms with Crippen LogP contribution < -0.4 is 0 Å². The number of rotatable bonds is 1. The van der Waals surface area contributed by atoms with Gasteiger partial charge < -0.3 is 0 Å². The van der Waals surface area contributed by atoms with E-state index >= 15 is 0 Å². The highest BCUT2D eigenvalue weighted by atomic mass is 35.5. The quantitative estimate of drug-likeness (QED) is 0.685. The molecule has 70 valence electrons. The van der Waals surface area contributed by atoms with Crippen molar-refractivity contribution in [2.75, 3.05) is 0 Å². The third kappa shape index (κ3) is 1.51. The van der Waals surface area contributed by atoms with Crippen molar-refractivity contribution in [2.45, 2.75) is 6.92 Å². The average molecular weight is 204 g/mol. The Balaban J connectivity index is 2.81. The molecular weight excluding hydrogens is 194 g/mol. The first-order chi connectivity index (χ1) is 6.68. The average Bonchev–Trinajstić information content (AvgIpc) is 2.16. The summed E-state index contributed by atoms with van der Waals surface area (Å²) in [5.41, 5.74) is 3.06. The summed E-state index contributed by atoms with van der Waals surface area (Å²) in [6.45, 7) is 5.90. The Morgan fingerprint density at radius 3 is 2.93 bits per heavy atom. The van der Waals surface area contributed by atoms with Gasteiger partial charge in [0.1, 0.15) is 0 Å². The summed E-state index contributed by atoms with van der Waals surface area (Å²) in [6.07, 6.45) is 1.66. The minimum atomic E-state index is 0.663. The van der Waals surface area contributed by atoms with E-state index in [1.54, 1.807) is 6.20 Å². The first-order valence-corrected chi connectivity index (χ1v) is 4.76. The molecule has 0 unspecified atom stereocenters. The van der Waals surface area contributed by atoms with E-state index in [9.17, 15) is 0 Å². The Labute approximate surface area is 88.0 Å². The molecular formula is C12H10ClN. The van der Waals surface area contributed by atoms with Crippen LogP contribution in [-0.4, -0.2) is 4.98 Å². The summed E-state index contributed by atoms with van der Waals surface area (Å²) >= 11 is 5.87. The Kier molecular flexibility index (Phi) is 2.26. The molecule has 0 N–H and O–H groups in total. The monoisotopic (exact) mass is 203 g/mol. The van der Waals surface area contributed by atoms with Gasteiger partial charge in [-0.05, 0) is 18.6 Å². The third-order valence-corrected chi connectivity index (χ3v) is 2.34. The number of allylic oxidation sites excluding steroid dienone is 1. The van der Waals surface area contributed by atoms with E-state index in [4.69, 9.17) is 11.6 Å². The van der Waals surface area contributed by atoms with Gasteiger partial charge in [0.05, 0.1) is 10.5 Å². The molecule has 2 rings (SSSR count). The van der Waals surface area contributed by atoms with Crippen LogP contribution in [0, 0.1) is 0 Å². The molecule has 0 atom stereocenters. The van der Waals surface area contributed by atoms with E-state index in [-0.39, 0.29) is 0 Å². The van der Waals surface area contributed by atoms with Gasteiger partial charge in [0.15, 0.2) is 0 Å². The molecule has 2 heteroatoms. The van der Waals surface area contributed by atoms with Gasteiger partial charge in [-0.15, -0.1) is 0 Å². The Hall–Kier alpha value is -1.34. The first kappa shape index (κ1) is 9.22. The lowest BCUT2D eigenvalue weighted by Gasteiger charge is -2.04. The van der Waals surface area contributed by atoms with Crippen molar-refractivity contribution in [3.8, 4) is 0 Å². The second-order valence-corrected chi connectivity index (χ2v) is 3.75. The summed E-state index contributed by atoms with van der Waals surface area (Å²) in [4.78, 5) is 4.31. The lowest BCUT2D eigenvalue weighted by molar-refractivity contribution is 1.40. The van der Waals surface area contributed by atoms with Gasteiger partial charge in [-0.3, -0.25) is 4.98 Å². The predicted octanol–water partition coefficient (Wildman–Crippen LogP) is 3.92. The summed E-state index contributed by atoms with van der Waals surface area (Å²) in [7, 11) is 0. The molecule has 0 saturated heterocycles. The van der Waals surface area contributed by atoms with Crippen molar-refractivity contribution < 1.29 is 0 Å². The highest BCUT2D eigenvalue weighted by molar-refractivity contribution is 6.31. The lowest BCUT2D eigenvalue weighted by Crippen LogP contribution is -1.85. The molecule has 0 radical (unpaired) electrons. The van der Waals surface area contributed by atoms with Crippen molar-refractivity contribution in [1.82, 2.24) is 4.98 Å². The molecule has 14 heavy (non-hydrogen) atoms.